The molecule has 1 atom stereocenters. The van der Waals surface area contributed by atoms with Gasteiger partial charge in [0, 0.05) is 12.6 Å². The standard InChI is InChI=1S/C17H19NO2/c19-11-13-6-4-12(5-7-13)10-18-16-9-8-15-14(16)2-1-3-17(15)20/h1-7,16,18-20H,8-11H2. The highest BCUT2D eigenvalue weighted by Crippen LogP contribution is 2.36. The molecule has 3 rings (SSSR count). The van der Waals surface area contributed by atoms with E-state index in [9.17, 15) is 5.11 Å². The highest BCUT2D eigenvalue weighted by Gasteiger charge is 2.23. The second-order valence-corrected chi connectivity index (χ2v) is 5.29. The highest BCUT2D eigenvalue weighted by molar-refractivity contribution is 5.44. The van der Waals surface area contributed by atoms with Crippen molar-refractivity contribution < 1.29 is 10.2 Å². The molecule has 2 aromatic rings. The molecule has 0 aliphatic heterocycles. The largest absolute Gasteiger partial charge is 0.508 e. The molecule has 0 aromatic heterocycles. The Hall–Kier alpha value is -1.84. The van der Waals surface area contributed by atoms with Crippen LogP contribution in [0.4, 0.5) is 0 Å². The summed E-state index contributed by atoms with van der Waals surface area (Å²) in [7, 11) is 0. The van der Waals surface area contributed by atoms with Gasteiger partial charge in [0.25, 0.3) is 0 Å². The molecule has 1 unspecified atom stereocenters. The Morgan fingerprint density at radius 3 is 2.55 bits per heavy atom. The molecule has 0 amide bonds. The molecule has 1 aliphatic carbocycles. The molecule has 0 radical (unpaired) electrons. The summed E-state index contributed by atoms with van der Waals surface area (Å²) in [6.45, 7) is 0.883. The number of hydrogen-bond donors (Lipinski definition) is 3. The Bertz CT molecular complexity index is 592. The van der Waals surface area contributed by atoms with Crippen molar-refractivity contribution in [2.24, 2.45) is 0 Å². The van der Waals surface area contributed by atoms with E-state index in [1.165, 1.54) is 11.1 Å². The fourth-order valence-electron chi connectivity index (χ4n) is 2.85. The van der Waals surface area contributed by atoms with E-state index in [2.05, 4.69) is 11.4 Å². The number of nitrogens with one attached hydrogen (secondary N) is 1. The maximum absolute atomic E-state index is 9.84. The van der Waals surface area contributed by atoms with E-state index >= 15 is 0 Å². The van der Waals surface area contributed by atoms with Gasteiger partial charge in [0.1, 0.15) is 5.75 Å². The minimum atomic E-state index is 0.0863. The van der Waals surface area contributed by atoms with Crippen LogP contribution >= 0.6 is 0 Å². The van der Waals surface area contributed by atoms with Crippen LogP contribution in [0.1, 0.15) is 34.7 Å². The zero-order valence-corrected chi connectivity index (χ0v) is 11.3. The van der Waals surface area contributed by atoms with Crippen LogP contribution in [0, 0.1) is 0 Å². The molecule has 0 saturated carbocycles. The lowest BCUT2D eigenvalue weighted by Gasteiger charge is -2.14. The minimum absolute atomic E-state index is 0.0863. The van der Waals surface area contributed by atoms with Crippen molar-refractivity contribution >= 4 is 0 Å². The van der Waals surface area contributed by atoms with Gasteiger partial charge in [-0.2, -0.15) is 0 Å². The van der Waals surface area contributed by atoms with Crippen LogP contribution in [-0.4, -0.2) is 10.2 Å². The minimum Gasteiger partial charge on any atom is -0.508 e. The third kappa shape index (κ3) is 2.55. The van der Waals surface area contributed by atoms with Crippen LogP contribution in [0.15, 0.2) is 42.5 Å². The van der Waals surface area contributed by atoms with Crippen LogP contribution in [0.25, 0.3) is 0 Å². The molecule has 3 heteroatoms. The van der Waals surface area contributed by atoms with E-state index in [-0.39, 0.29) is 6.61 Å². The number of fused-ring (bicyclic) bond motifs is 1. The molecule has 20 heavy (non-hydrogen) atoms. The number of aliphatic hydroxyl groups is 1. The second kappa shape index (κ2) is 5.65. The number of aliphatic hydroxyl groups excluding tert-OH is 1. The van der Waals surface area contributed by atoms with Gasteiger partial charge in [-0.25, -0.2) is 0 Å². The quantitative estimate of drug-likeness (QED) is 0.800. The number of aromatic hydroxyl groups is 1. The van der Waals surface area contributed by atoms with E-state index in [0.717, 1.165) is 30.5 Å². The first-order valence-electron chi connectivity index (χ1n) is 7.01. The first-order chi connectivity index (χ1) is 9.78. The van der Waals surface area contributed by atoms with Crippen molar-refractivity contribution in [3.05, 3.63) is 64.7 Å². The summed E-state index contributed by atoms with van der Waals surface area (Å²) >= 11 is 0. The molecule has 2 aromatic carbocycles. The van der Waals surface area contributed by atoms with E-state index in [0.29, 0.717) is 11.8 Å². The van der Waals surface area contributed by atoms with Crippen LogP contribution < -0.4 is 5.32 Å². The summed E-state index contributed by atoms with van der Waals surface area (Å²) in [4.78, 5) is 0. The number of rotatable bonds is 4. The van der Waals surface area contributed by atoms with Gasteiger partial charge in [0.15, 0.2) is 0 Å². The van der Waals surface area contributed by atoms with Gasteiger partial charge in [0.2, 0.25) is 0 Å². The normalized spacial score (nSPS) is 17.1. The average molecular weight is 269 g/mol. The van der Waals surface area contributed by atoms with Gasteiger partial charge in [0.05, 0.1) is 6.61 Å². The van der Waals surface area contributed by atoms with E-state index in [4.69, 9.17) is 5.11 Å². The Labute approximate surface area is 118 Å². The monoisotopic (exact) mass is 269 g/mol. The van der Waals surface area contributed by atoms with Crippen molar-refractivity contribution in [3.63, 3.8) is 0 Å². The predicted molar refractivity (Wildman–Crippen MR) is 78.4 cm³/mol. The van der Waals surface area contributed by atoms with Crippen molar-refractivity contribution in [1.82, 2.24) is 5.32 Å². The van der Waals surface area contributed by atoms with Gasteiger partial charge in [-0.1, -0.05) is 36.4 Å². The van der Waals surface area contributed by atoms with E-state index < -0.39 is 0 Å². The lowest BCUT2D eigenvalue weighted by molar-refractivity contribution is 0.282. The maximum atomic E-state index is 9.84. The van der Waals surface area contributed by atoms with Crippen LogP contribution in [-0.2, 0) is 19.6 Å². The first kappa shape index (κ1) is 13.2. The molecule has 3 N–H and O–H groups in total. The van der Waals surface area contributed by atoms with Crippen LogP contribution in [0.3, 0.4) is 0 Å². The van der Waals surface area contributed by atoms with E-state index in [1.54, 1.807) is 6.07 Å². The summed E-state index contributed by atoms with van der Waals surface area (Å²) < 4.78 is 0. The number of phenolic OH excluding ortho intramolecular Hbond substituents is 1. The maximum Gasteiger partial charge on any atom is 0.119 e. The molecular weight excluding hydrogens is 250 g/mol. The van der Waals surface area contributed by atoms with Gasteiger partial charge < -0.3 is 15.5 Å². The first-order valence-corrected chi connectivity index (χ1v) is 7.01. The summed E-state index contributed by atoms with van der Waals surface area (Å²) in [5, 5.41) is 22.4. The molecule has 0 spiro atoms. The SMILES string of the molecule is OCc1ccc(CNC2CCc3c(O)cccc32)cc1. The van der Waals surface area contributed by atoms with Gasteiger partial charge in [-0.05, 0) is 41.2 Å². The lowest BCUT2D eigenvalue weighted by atomic mass is 10.1. The third-order valence-electron chi connectivity index (χ3n) is 4.00. The number of benzene rings is 2. The van der Waals surface area contributed by atoms with Crippen molar-refractivity contribution in [2.75, 3.05) is 0 Å². The highest BCUT2D eigenvalue weighted by atomic mass is 16.3. The zero-order chi connectivity index (χ0) is 13.9. The van der Waals surface area contributed by atoms with Gasteiger partial charge in [-0.15, -0.1) is 0 Å². The molecule has 0 saturated heterocycles. The molecule has 0 heterocycles. The fourth-order valence-corrected chi connectivity index (χ4v) is 2.85. The van der Waals surface area contributed by atoms with Gasteiger partial charge >= 0.3 is 0 Å². The summed E-state index contributed by atoms with van der Waals surface area (Å²) in [5.74, 6) is 0.416. The molecule has 1 aliphatic rings. The average Bonchev–Trinajstić information content (AvgIpc) is 2.90. The Morgan fingerprint density at radius 1 is 1.05 bits per heavy atom. The van der Waals surface area contributed by atoms with Crippen LogP contribution in [0.5, 0.6) is 5.75 Å². The molecule has 0 bridgehead atoms. The van der Waals surface area contributed by atoms with Crippen molar-refractivity contribution in [3.8, 4) is 5.75 Å². The molecular formula is C17H19NO2. The summed E-state index contributed by atoms with van der Waals surface area (Å²) in [5.41, 5.74) is 4.44. The number of hydrogen-bond acceptors (Lipinski definition) is 3. The molecule has 3 nitrogen and oxygen atoms in total. The van der Waals surface area contributed by atoms with Gasteiger partial charge in [-0.3, -0.25) is 0 Å². The number of phenols is 1. The fraction of sp³-hybridized carbons (Fsp3) is 0.294. The topological polar surface area (TPSA) is 52.5 Å². The molecule has 104 valence electrons. The second-order valence-electron chi connectivity index (χ2n) is 5.29. The van der Waals surface area contributed by atoms with Crippen molar-refractivity contribution in [2.45, 2.75) is 32.0 Å². The lowest BCUT2D eigenvalue weighted by Crippen LogP contribution is -2.18. The Kier molecular flexibility index (Phi) is 3.72. The van der Waals surface area contributed by atoms with E-state index in [1.807, 2.05) is 30.3 Å². The third-order valence-corrected chi connectivity index (χ3v) is 4.00. The molecule has 0 fully saturated rings. The summed E-state index contributed by atoms with van der Waals surface area (Å²) in [6.07, 6.45) is 1.96. The smallest absolute Gasteiger partial charge is 0.119 e. The Morgan fingerprint density at radius 2 is 1.80 bits per heavy atom. The van der Waals surface area contributed by atoms with Crippen LogP contribution in [0.2, 0.25) is 0 Å². The Balaban J connectivity index is 1.67. The summed E-state index contributed by atoms with van der Waals surface area (Å²) in [6, 6.07) is 14.0. The van der Waals surface area contributed by atoms with Crippen molar-refractivity contribution in [1.29, 1.82) is 0 Å². The zero-order valence-electron chi connectivity index (χ0n) is 11.3. The predicted octanol–water partition coefficient (Wildman–Crippen LogP) is 2.66.